The smallest absolute Gasteiger partial charge is 0.259 e. The Hall–Kier alpha value is -3.21. The van der Waals surface area contributed by atoms with Crippen molar-refractivity contribution in [3.63, 3.8) is 0 Å². The van der Waals surface area contributed by atoms with Gasteiger partial charge in [0.05, 0.1) is 5.56 Å². The number of nitrogen functional groups attached to an aromatic ring is 1. The third-order valence-corrected chi connectivity index (χ3v) is 3.69. The molecular formula is C19H16FN3O. The van der Waals surface area contributed by atoms with E-state index < -0.39 is 0 Å². The molecular weight excluding hydrogens is 305 g/mol. The number of nitrogens with one attached hydrogen (secondary N) is 1. The van der Waals surface area contributed by atoms with Crippen molar-refractivity contribution in [2.24, 2.45) is 0 Å². The minimum Gasteiger partial charge on any atom is -0.383 e. The van der Waals surface area contributed by atoms with Crippen LogP contribution in [0, 0.1) is 12.7 Å². The van der Waals surface area contributed by atoms with Crippen molar-refractivity contribution in [2.45, 2.75) is 6.92 Å². The SMILES string of the molecule is Cc1cc(-c2cnc(N)c(C(=O)Nc3ccccc3)c2)ccc1F. The molecule has 1 aromatic heterocycles. The number of anilines is 2. The van der Waals surface area contributed by atoms with Crippen LogP contribution in [0.1, 0.15) is 15.9 Å². The molecule has 0 spiro atoms. The van der Waals surface area contributed by atoms with Gasteiger partial charge in [0.2, 0.25) is 0 Å². The first-order valence-electron chi connectivity index (χ1n) is 7.43. The quantitative estimate of drug-likeness (QED) is 0.765. The van der Waals surface area contributed by atoms with Crippen LogP contribution in [0.2, 0.25) is 0 Å². The Labute approximate surface area is 139 Å². The molecule has 3 N–H and O–H groups in total. The third kappa shape index (κ3) is 3.25. The first-order chi connectivity index (χ1) is 11.5. The van der Waals surface area contributed by atoms with Crippen molar-refractivity contribution >= 4 is 17.4 Å². The van der Waals surface area contributed by atoms with Crippen molar-refractivity contribution < 1.29 is 9.18 Å². The van der Waals surface area contributed by atoms with Gasteiger partial charge in [0.15, 0.2) is 0 Å². The lowest BCUT2D eigenvalue weighted by Gasteiger charge is -2.10. The van der Waals surface area contributed by atoms with E-state index in [0.29, 0.717) is 16.8 Å². The van der Waals surface area contributed by atoms with Crippen LogP contribution in [0.25, 0.3) is 11.1 Å². The van der Waals surface area contributed by atoms with Gasteiger partial charge in [0.25, 0.3) is 5.91 Å². The van der Waals surface area contributed by atoms with E-state index in [-0.39, 0.29) is 23.1 Å². The molecule has 0 aliphatic rings. The van der Waals surface area contributed by atoms with Gasteiger partial charge in [-0.1, -0.05) is 24.3 Å². The molecule has 0 atom stereocenters. The zero-order chi connectivity index (χ0) is 17.1. The van der Waals surface area contributed by atoms with Crippen LogP contribution >= 0.6 is 0 Å². The topological polar surface area (TPSA) is 68.0 Å². The van der Waals surface area contributed by atoms with Crippen LogP contribution in [-0.2, 0) is 0 Å². The van der Waals surface area contributed by atoms with Crippen LogP contribution in [0.4, 0.5) is 15.9 Å². The van der Waals surface area contributed by atoms with E-state index in [0.717, 1.165) is 5.56 Å². The van der Waals surface area contributed by atoms with E-state index in [2.05, 4.69) is 10.3 Å². The van der Waals surface area contributed by atoms with Crippen molar-refractivity contribution in [1.29, 1.82) is 0 Å². The summed E-state index contributed by atoms with van der Waals surface area (Å²) in [6.07, 6.45) is 1.57. The number of halogens is 1. The number of rotatable bonds is 3. The van der Waals surface area contributed by atoms with E-state index in [1.807, 2.05) is 18.2 Å². The highest BCUT2D eigenvalue weighted by Gasteiger charge is 2.13. The maximum Gasteiger partial charge on any atom is 0.259 e. The molecule has 0 bridgehead atoms. The van der Waals surface area contributed by atoms with E-state index in [4.69, 9.17) is 5.73 Å². The monoisotopic (exact) mass is 321 g/mol. The average molecular weight is 321 g/mol. The van der Waals surface area contributed by atoms with Gasteiger partial charge in [-0.2, -0.15) is 0 Å². The Morgan fingerprint density at radius 3 is 2.54 bits per heavy atom. The van der Waals surface area contributed by atoms with Crippen LogP contribution in [0.5, 0.6) is 0 Å². The van der Waals surface area contributed by atoms with E-state index in [1.165, 1.54) is 6.07 Å². The fraction of sp³-hybridized carbons (Fsp3) is 0.0526. The van der Waals surface area contributed by atoms with E-state index >= 15 is 0 Å². The van der Waals surface area contributed by atoms with Gasteiger partial charge in [-0.05, 0) is 48.4 Å². The number of aromatic nitrogens is 1. The summed E-state index contributed by atoms with van der Waals surface area (Å²) in [4.78, 5) is 16.5. The van der Waals surface area contributed by atoms with Gasteiger partial charge in [-0.3, -0.25) is 4.79 Å². The summed E-state index contributed by atoms with van der Waals surface area (Å²) >= 11 is 0. The Morgan fingerprint density at radius 2 is 1.83 bits per heavy atom. The predicted octanol–water partition coefficient (Wildman–Crippen LogP) is 4.03. The van der Waals surface area contributed by atoms with Gasteiger partial charge in [-0.15, -0.1) is 0 Å². The first kappa shape index (κ1) is 15.7. The maximum absolute atomic E-state index is 13.4. The molecule has 1 amide bonds. The van der Waals surface area contributed by atoms with Gasteiger partial charge >= 0.3 is 0 Å². The molecule has 4 nitrogen and oxygen atoms in total. The molecule has 0 saturated carbocycles. The molecule has 0 fully saturated rings. The molecule has 2 aromatic carbocycles. The van der Waals surface area contributed by atoms with Crippen LogP contribution < -0.4 is 11.1 Å². The zero-order valence-electron chi connectivity index (χ0n) is 13.1. The predicted molar refractivity (Wildman–Crippen MR) is 93.2 cm³/mol. The standard InChI is InChI=1S/C19H16FN3O/c1-12-9-13(7-8-17(12)20)14-10-16(18(21)22-11-14)19(24)23-15-5-3-2-4-6-15/h2-11H,1H3,(H2,21,22)(H,23,24). The number of amides is 1. The number of hydrogen-bond acceptors (Lipinski definition) is 3. The van der Waals surface area contributed by atoms with Crippen LogP contribution in [0.3, 0.4) is 0 Å². The number of pyridine rings is 1. The van der Waals surface area contributed by atoms with E-state index in [9.17, 15) is 9.18 Å². The summed E-state index contributed by atoms with van der Waals surface area (Å²) in [6, 6.07) is 15.5. The maximum atomic E-state index is 13.4. The van der Waals surface area contributed by atoms with Crippen molar-refractivity contribution in [1.82, 2.24) is 4.98 Å². The van der Waals surface area contributed by atoms with Gasteiger partial charge in [0.1, 0.15) is 11.6 Å². The minimum absolute atomic E-state index is 0.144. The normalized spacial score (nSPS) is 10.4. The number of benzene rings is 2. The summed E-state index contributed by atoms with van der Waals surface area (Å²) in [7, 11) is 0. The lowest BCUT2D eigenvalue weighted by molar-refractivity contribution is 0.102. The molecule has 120 valence electrons. The second-order valence-electron chi connectivity index (χ2n) is 5.44. The number of carbonyl (C=O) groups excluding carboxylic acids is 1. The van der Waals surface area contributed by atoms with Gasteiger partial charge < -0.3 is 11.1 Å². The summed E-state index contributed by atoms with van der Waals surface area (Å²) in [5.41, 5.74) is 8.79. The highest BCUT2D eigenvalue weighted by Crippen LogP contribution is 2.24. The van der Waals surface area contributed by atoms with Crippen molar-refractivity contribution in [3.05, 3.63) is 77.7 Å². The van der Waals surface area contributed by atoms with Gasteiger partial charge in [-0.25, -0.2) is 9.37 Å². The molecule has 5 heteroatoms. The molecule has 3 rings (SSSR count). The van der Waals surface area contributed by atoms with Gasteiger partial charge in [0, 0.05) is 17.4 Å². The summed E-state index contributed by atoms with van der Waals surface area (Å²) in [5, 5.41) is 2.78. The Kier molecular flexibility index (Phi) is 4.24. The molecule has 0 radical (unpaired) electrons. The zero-order valence-corrected chi connectivity index (χ0v) is 13.1. The molecule has 0 aliphatic heterocycles. The summed E-state index contributed by atoms with van der Waals surface area (Å²) < 4.78 is 13.4. The molecule has 24 heavy (non-hydrogen) atoms. The highest BCUT2D eigenvalue weighted by atomic mass is 19.1. The minimum atomic E-state index is -0.341. The lowest BCUT2D eigenvalue weighted by atomic mass is 10.0. The Balaban J connectivity index is 1.94. The Bertz CT molecular complexity index is 894. The highest BCUT2D eigenvalue weighted by molar-refractivity contribution is 6.07. The number of nitrogens with two attached hydrogens (primary N) is 1. The summed E-state index contributed by atoms with van der Waals surface area (Å²) in [5.74, 6) is -0.470. The molecule has 0 saturated heterocycles. The summed E-state index contributed by atoms with van der Waals surface area (Å²) in [6.45, 7) is 1.69. The number of carbonyl (C=O) groups is 1. The van der Waals surface area contributed by atoms with Crippen molar-refractivity contribution in [2.75, 3.05) is 11.1 Å². The number of nitrogens with zero attached hydrogens (tertiary/aromatic N) is 1. The average Bonchev–Trinajstić information content (AvgIpc) is 2.58. The lowest BCUT2D eigenvalue weighted by Crippen LogP contribution is -2.15. The molecule has 0 unspecified atom stereocenters. The fourth-order valence-electron chi connectivity index (χ4n) is 2.36. The number of para-hydroxylation sites is 1. The first-order valence-corrected chi connectivity index (χ1v) is 7.43. The second kappa shape index (κ2) is 6.50. The number of hydrogen-bond donors (Lipinski definition) is 2. The molecule has 0 aliphatic carbocycles. The third-order valence-electron chi connectivity index (χ3n) is 3.69. The number of aryl methyl sites for hydroxylation is 1. The van der Waals surface area contributed by atoms with Crippen LogP contribution in [-0.4, -0.2) is 10.9 Å². The molecule has 3 aromatic rings. The molecule has 1 heterocycles. The fourth-order valence-corrected chi connectivity index (χ4v) is 2.36. The largest absolute Gasteiger partial charge is 0.383 e. The van der Waals surface area contributed by atoms with E-state index in [1.54, 1.807) is 43.5 Å². The Morgan fingerprint density at radius 1 is 1.08 bits per heavy atom. The van der Waals surface area contributed by atoms with Crippen LogP contribution in [0.15, 0.2) is 60.8 Å². The van der Waals surface area contributed by atoms with Crippen molar-refractivity contribution in [3.8, 4) is 11.1 Å². The second-order valence-corrected chi connectivity index (χ2v) is 5.44.